The van der Waals surface area contributed by atoms with E-state index in [0.717, 1.165) is 12.8 Å². The SMILES string of the molecule is CCc1c(C)c(C)c(CC)c(C(C)C)c1C. The van der Waals surface area contributed by atoms with Crippen LogP contribution in [0.25, 0.3) is 0 Å². The van der Waals surface area contributed by atoms with Crippen LogP contribution < -0.4 is 0 Å². The Morgan fingerprint density at radius 2 is 1.19 bits per heavy atom. The van der Waals surface area contributed by atoms with Crippen LogP contribution in [0.3, 0.4) is 0 Å². The molecule has 90 valence electrons. The van der Waals surface area contributed by atoms with Crippen molar-refractivity contribution in [1.82, 2.24) is 0 Å². The third kappa shape index (κ3) is 2.03. The van der Waals surface area contributed by atoms with Gasteiger partial charge in [-0.05, 0) is 72.9 Å². The lowest BCUT2D eigenvalue weighted by molar-refractivity contribution is 0.819. The first kappa shape index (κ1) is 13.3. The van der Waals surface area contributed by atoms with Crippen molar-refractivity contribution >= 4 is 0 Å². The van der Waals surface area contributed by atoms with Crippen molar-refractivity contribution in [3.8, 4) is 0 Å². The molecule has 0 bridgehead atoms. The molecule has 0 aromatic heterocycles. The third-order valence-corrected chi connectivity index (χ3v) is 3.93. The van der Waals surface area contributed by atoms with Crippen molar-refractivity contribution in [2.24, 2.45) is 0 Å². The van der Waals surface area contributed by atoms with Gasteiger partial charge in [0.05, 0.1) is 0 Å². The highest BCUT2D eigenvalue weighted by Gasteiger charge is 2.16. The van der Waals surface area contributed by atoms with Gasteiger partial charge in [0.25, 0.3) is 0 Å². The van der Waals surface area contributed by atoms with Gasteiger partial charge in [0.15, 0.2) is 0 Å². The molecule has 0 heterocycles. The first-order valence-electron chi connectivity index (χ1n) is 6.56. The number of hydrogen-bond acceptors (Lipinski definition) is 0. The quantitative estimate of drug-likeness (QED) is 0.679. The maximum Gasteiger partial charge on any atom is -0.0213 e. The van der Waals surface area contributed by atoms with E-state index in [0.29, 0.717) is 5.92 Å². The van der Waals surface area contributed by atoms with E-state index in [4.69, 9.17) is 0 Å². The molecule has 0 fully saturated rings. The van der Waals surface area contributed by atoms with Gasteiger partial charge in [0, 0.05) is 0 Å². The summed E-state index contributed by atoms with van der Waals surface area (Å²) >= 11 is 0. The molecular formula is C16H26. The van der Waals surface area contributed by atoms with Gasteiger partial charge in [-0.15, -0.1) is 0 Å². The van der Waals surface area contributed by atoms with E-state index in [1.807, 2.05) is 0 Å². The highest BCUT2D eigenvalue weighted by molar-refractivity contribution is 5.51. The van der Waals surface area contributed by atoms with Crippen LogP contribution in [0.4, 0.5) is 0 Å². The summed E-state index contributed by atoms with van der Waals surface area (Å²) < 4.78 is 0. The summed E-state index contributed by atoms with van der Waals surface area (Å²) in [6.07, 6.45) is 2.31. The summed E-state index contributed by atoms with van der Waals surface area (Å²) in [5, 5.41) is 0. The Morgan fingerprint density at radius 1 is 0.750 bits per heavy atom. The Bertz CT molecular complexity index is 384. The van der Waals surface area contributed by atoms with E-state index in [1.165, 1.54) is 16.7 Å². The largest absolute Gasteiger partial charge is 0.0613 e. The van der Waals surface area contributed by atoms with Gasteiger partial charge >= 0.3 is 0 Å². The highest BCUT2D eigenvalue weighted by atomic mass is 14.2. The van der Waals surface area contributed by atoms with Gasteiger partial charge in [0.2, 0.25) is 0 Å². The fourth-order valence-electron chi connectivity index (χ4n) is 3.09. The molecule has 0 nitrogen and oxygen atoms in total. The van der Waals surface area contributed by atoms with E-state index in [2.05, 4.69) is 48.5 Å². The number of benzene rings is 1. The molecule has 0 unspecified atom stereocenters. The summed E-state index contributed by atoms with van der Waals surface area (Å²) in [5.41, 5.74) is 9.33. The second-order valence-corrected chi connectivity index (χ2v) is 5.11. The van der Waals surface area contributed by atoms with Gasteiger partial charge in [-0.25, -0.2) is 0 Å². The fourth-order valence-corrected chi connectivity index (χ4v) is 3.09. The standard InChI is InChI=1S/C16H26/c1-8-14-11(5)12(6)15(9-2)16(10(3)4)13(14)7/h10H,8-9H2,1-7H3. The van der Waals surface area contributed by atoms with Crippen molar-refractivity contribution in [3.63, 3.8) is 0 Å². The van der Waals surface area contributed by atoms with Crippen LogP contribution in [0.5, 0.6) is 0 Å². The Morgan fingerprint density at radius 3 is 1.56 bits per heavy atom. The zero-order chi connectivity index (χ0) is 12.5. The van der Waals surface area contributed by atoms with Crippen molar-refractivity contribution in [2.45, 2.75) is 67.2 Å². The van der Waals surface area contributed by atoms with Crippen LogP contribution >= 0.6 is 0 Å². The summed E-state index contributed by atoms with van der Waals surface area (Å²) in [6, 6.07) is 0. The van der Waals surface area contributed by atoms with Crippen LogP contribution in [0.1, 0.15) is 67.0 Å². The average molecular weight is 218 g/mol. The molecule has 1 rings (SSSR count). The molecule has 0 amide bonds. The molecule has 0 atom stereocenters. The molecule has 1 aromatic carbocycles. The average Bonchev–Trinajstić information content (AvgIpc) is 2.23. The summed E-state index contributed by atoms with van der Waals surface area (Å²) in [4.78, 5) is 0. The van der Waals surface area contributed by atoms with Gasteiger partial charge in [0.1, 0.15) is 0 Å². The van der Waals surface area contributed by atoms with Gasteiger partial charge in [-0.2, -0.15) is 0 Å². The Labute approximate surface area is 101 Å². The monoisotopic (exact) mass is 218 g/mol. The molecule has 0 aliphatic rings. The van der Waals surface area contributed by atoms with Crippen molar-refractivity contribution in [1.29, 1.82) is 0 Å². The summed E-state index contributed by atoms with van der Waals surface area (Å²) in [7, 11) is 0. The van der Waals surface area contributed by atoms with Gasteiger partial charge in [-0.3, -0.25) is 0 Å². The zero-order valence-corrected chi connectivity index (χ0v) is 12.0. The Balaban J connectivity index is 3.64. The van der Waals surface area contributed by atoms with Crippen molar-refractivity contribution < 1.29 is 0 Å². The normalized spacial score (nSPS) is 11.2. The van der Waals surface area contributed by atoms with Crippen molar-refractivity contribution in [3.05, 3.63) is 33.4 Å². The lowest BCUT2D eigenvalue weighted by Gasteiger charge is -2.23. The van der Waals surface area contributed by atoms with E-state index < -0.39 is 0 Å². The topological polar surface area (TPSA) is 0 Å². The molecule has 0 heteroatoms. The Kier molecular flexibility index (Phi) is 4.18. The molecular weight excluding hydrogens is 192 g/mol. The van der Waals surface area contributed by atoms with Crippen LogP contribution in [0.15, 0.2) is 0 Å². The first-order chi connectivity index (χ1) is 7.45. The summed E-state index contributed by atoms with van der Waals surface area (Å²) in [6.45, 7) is 16.1. The predicted octanol–water partition coefficient (Wildman–Crippen LogP) is 4.86. The minimum absolute atomic E-state index is 0.638. The minimum Gasteiger partial charge on any atom is -0.0613 e. The van der Waals surface area contributed by atoms with E-state index >= 15 is 0 Å². The zero-order valence-electron chi connectivity index (χ0n) is 12.0. The van der Waals surface area contributed by atoms with E-state index in [9.17, 15) is 0 Å². The van der Waals surface area contributed by atoms with Gasteiger partial charge in [-0.1, -0.05) is 27.7 Å². The molecule has 0 N–H and O–H groups in total. The second kappa shape index (κ2) is 5.03. The highest BCUT2D eigenvalue weighted by Crippen LogP contribution is 2.32. The maximum atomic E-state index is 2.32. The molecule has 0 saturated heterocycles. The first-order valence-corrected chi connectivity index (χ1v) is 6.56. The molecule has 1 aromatic rings. The van der Waals surface area contributed by atoms with Crippen molar-refractivity contribution in [2.75, 3.05) is 0 Å². The molecule has 0 radical (unpaired) electrons. The Hall–Kier alpha value is -0.780. The van der Waals surface area contributed by atoms with Crippen LogP contribution in [0.2, 0.25) is 0 Å². The third-order valence-electron chi connectivity index (χ3n) is 3.93. The van der Waals surface area contributed by atoms with Crippen LogP contribution in [-0.4, -0.2) is 0 Å². The van der Waals surface area contributed by atoms with Crippen LogP contribution in [0, 0.1) is 20.8 Å². The number of hydrogen-bond donors (Lipinski definition) is 0. The summed E-state index contributed by atoms with van der Waals surface area (Å²) in [5.74, 6) is 0.638. The van der Waals surface area contributed by atoms with Gasteiger partial charge < -0.3 is 0 Å². The molecule has 16 heavy (non-hydrogen) atoms. The molecule has 0 aliphatic heterocycles. The lowest BCUT2D eigenvalue weighted by atomic mass is 9.82. The molecule has 0 spiro atoms. The maximum absolute atomic E-state index is 2.32. The minimum atomic E-state index is 0.638. The number of rotatable bonds is 3. The predicted molar refractivity (Wildman–Crippen MR) is 73.5 cm³/mol. The fraction of sp³-hybridized carbons (Fsp3) is 0.625. The van der Waals surface area contributed by atoms with Crippen LogP contribution in [-0.2, 0) is 12.8 Å². The smallest absolute Gasteiger partial charge is 0.0213 e. The van der Waals surface area contributed by atoms with E-state index in [-0.39, 0.29) is 0 Å². The lowest BCUT2D eigenvalue weighted by Crippen LogP contribution is -2.08. The van der Waals surface area contributed by atoms with E-state index in [1.54, 1.807) is 16.7 Å². The second-order valence-electron chi connectivity index (χ2n) is 5.11. The molecule has 0 saturated carbocycles. The molecule has 0 aliphatic carbocycles.